The third-order valence-electron chi connectivity index (χ3n) is 7.14. The molecule has 1 aromatic heterocycles. The molecule has 0 amide bonds. The van der Waals surface area contributed by atoms with E-state index in [2.05, 4.69) is 121 Å². The van der Waals surface area contributed by atoms with Crippen LogP contribution < -0.4 is 9.64 Å². The monoisotopic (exact) mass is 509 g/mol. The number of nitrogens with zero attached hydrogens (tertiary/aromatic N) is 3. The highest BCUT2D eigenvalue weighted by molar-refractivity contribution is 5.76. The highest BCUT2D eigenvalue weighted by Crippen LogP contribution is 2.33. The summed E-state index contributed by atoms with van der Waals surface area (Å²) in [7, 11) is 2.06. The summed E-state index contributed by atoms with van der Waals surface area (Å²) in [5.41, 5.74) is 10.5. The summed E-state index contributed by atoms with van der Waals surface area (Å²) in [5.74, 6) is 1.59. The van der Waals surface area contributed by atoms with Crippen LogP contribution in [0.2, 0.25) is 0 Å². The second-order valence-corrected chi connectivity index (χ2v) is 10.1. The summed E-state index contributed by atoms with van der Waals surface area (Å²) < 4.78 is 6.26. The Labute approximate surface area is 230 Å². The first-order valence-corrected chi connectivity index (χ1v) is 13.2. The smallest absolute Gasteiger partial charge is 0.129 e. The van der Waals surface area contributed by atoms with Gasteiger partial charge in [-0.3, -0.25) is 4.98 Å². The number of hydrogen-bond donors (Lipinski definition) is 0. The topological polar surface area (TPSA) is 28.6 Å². The van der Waals surface area contributed by atoms with Gasteiger partial charge in [0.15, 0.2) is 0 Å². The fraction of sp³-hybridized carbons (Fsp3) is 0.114. The fourth-order valence-corrected chi connectivity index (χ4v) is 5.14. The number of anilines is 1. The lowest BCUT2D eigenvalue weighted by Crippen LogP contribution is -2.21. The first-order valence-electron chi connectivity index (χ1n) is 13.2. The van der Waals surface area contributed by atoms with E-state index in [9.17, 15) is 0 Å². The number of aryl methyl sites for hydroxylation is 2. The minimum absolute atomic E-state index is 0.781. The number of pyridine rings is 1. The number of benzene rings is 4. The first kappa shape index (κ1) is 24.5. The van der Waals surface area contributed by atoms with E-state index in [1.807, 2.05) is 36.5 Å². The van der Waals surface area contributed by atoms with E-state index in [0.717, 1.165) is 40.7 Å². The second-order valence-electron chi connectivity index (χ2n) is 10.1. The molecule has 0 N–H and O–H groups in total. The number of hydrogen-bond acceptors (Lipinski definition) is 4. The van der Waals surface area contributed by atoms with Crippen LogP contribution >= 0.6 is 0 Å². The van der Waals surface area contributed by atoms with Crippen LogP contribution in [0, 0.1) is 13.8 Å². The Morgan fingerprint density at radius 2 is 1.33 bits per heavy atom. The van der Waals surface area contributed by atoms with Gasteiger partial charge in [-0.2, -0.15) is 0 Å². The SMILES string of the molecule is Cc1cccc(C)c1-c1ccc(-c2ccnc(-c3cccc(Oc4cccc(N5C=CN(C)C5)c4)c3)c2)cc1. The van der Waals surface area contributed by atoms with Gasteiger partial charge >= 0.3 is 0 Å². The van der Waals surface area contributed by atoms with Crippen molar-refractivity contribution in [3.63, 3.8) is 0 Å². The molecule has 0 atom stereocenters. The van der Waals surface area contributed by atoms with Crippen LogP contribution in [0.25, 0.3) is 33.5 Å². The second kappa shape index (κ2) is 10.5. The summed E-state index contributed by atoms with van der Waals surface area (Å²) in [6.45, 7) is 5.17. The lowest BCUT2D eigenvalue weighted by atomic mass is 9.94. The Morgan fingerprint density at radius 3 is 2.08 bits per heavy atom. The van der Waals surface area contributed by atoms with Gasteiger partial charge in [-0.25, -0.2) is 0 Å². The molecule has 0 aliphatic carbocycles. The van der Waals surface area contributed by atoms with Crippen LogP contribution in [-0.4, -0.2) is 23.6 Å². The standard InChI is InChI=1S/C35H31N3O/c1-25-7-4-8-26(2)35(25)28-15-13-27(14-16-28)29-17-18-36-34(22-29)30-9-5-11-32(21-30)39-33-12-6-10-31(23-33)38-20-19-37(3)24-38/h4-23H,24H2,1-3H3. The molecular formula is C35H31N3O. The highest BCUT2D eigenvalue weighted by atomic mass is 16.5. The molecule has 1 aliphatic rings. The number of ether oxygens (including phenoxy) is 1. The maximum atomic E-state index is 6.26. The predicted molar refractivity (Wildman–Crippen MR) is 161 cm³/mol. The molecule has 39 heavy (non-hydrogen) atoms. The van der Waals surface area contributed by atoms with Crippen molar-refractivity contribution in [2.75, 3.05) is 18.6 Å². The van der Waals surface area contributed by atoms with Gasteiger partial charge in [0.25, 0.3) is 0 Å². The molecule has 0 saturated heterocycles. The molecule has 2 heterocycles. The zero-order valence-electron chi connectivity index (χ0n) is 22.5. The van der Waals surface area contributed by atoms with Gasteiger partial charge in [0.05, 0.1) is 12.4 Å². The minimum atomic E-state index is 0.781. The van der Waals surface area contributed by atoms with Gasteiger partial charge in [-0.05, 0) is 83.6 Å². The molecule has 0 fully saturated rings. The molecule has 6 rings (SSSR count). The van der Waals surface area contributed by atoms with Crippen LogP contribution in [0.15, 0.2) is 122 Å². The summed E-state index contributed by atoms with van der Waals surface area (Å²) in [5, 5.41) is 0. The van der Waals surface area contributed by atoms with E-state index in [1.165, 1.54) is 27.8 Å². The van der Waals surface area contributed by atoms with Crippen LogP contribution in [0.5, 0.6) is 11.5 Å². The van der Waals surface area contributed by atoms with E-state index < -0.39 is 0 Å². The molecule has 4 aromatic carbocycles. The number of aromatic nitrogens is 1. The van der Waals surface area contributed by atoms with Gasteiger partial charge in [0.2, 0.25) is 0 Å². The van der Waals surface area contributed by atoms with Crippen molar-refractivity contribution < 1.29 is 4.74 Å². The molecule has 4 nitrogen and oxygen atoms in total. The Bertz CT molecular complexity index is 1640. The average molecular weight is 510 g/mol. The van der Waals surface area contributed by atoms with Gasteiger partial charge in [0, 0.05) is 43.0 Å². The van der Waals surface area contributed by atoms with Crippen molar-refractivity contribution in [2.45, 2.75) is 13.8 Å². The average Bonchev–Trinajstić information content (AvgIpc) is 3.40. The highest BCUT2D eigenvalue weighted by Gasteiger charge is 2.12. The van der Waals surface area contributed by atoms with Crippen molar-refractivity contribution in [1.29, 1.82) is 0 Å². The van der Waals surface area contributed by atoms with Crippen LogP contribution in [0.4, 0.5) is 5.69 Å². The molecule has 0 unspecified atom stereocenters. The van der Waals surface area contributed by atoms with E-state index >= 15 is 0 Å². The largest absolute Gasteiger partial charge is 0.457 e. The summed E-state index contributed by atoms with van der Waals surface area (Å²) in [6.07, 6.45) is 6.02. The Hall–Kier alpha value is -4.83. The normalized spacial score (nSPS) is 12.7. The van der Waals surface area contributed by atoms with Gasteiger partial charge < -0.3 is 14.5 Å². The third kappa shape index (κ3) is 5.27. The molecular weight excluding hydrogens is 478 g/mol. The zero-order valence-corrected chi connectivity index (χ0v) is 22.5. The van der Waals surface area contributed by atoms with E-state index in [-0.39, 0.29) is 0 Å². The molecule has 0 spiro atoms. The molecule has 5 aromatic rings. The van der Waals surface area contributed by atoms with Crippen molar-refractivity contribution in [3.8, 4) is 45.0 Å². The summed E-state index contributed by atoms with van der Waals surface area (Å²) in [4.78, 5) is 9.00. The minimum Gasteiger partial charge on any atom is -0.457 e. The molecule has 192 valence electrons. The Balaban J connectivity index is 1.23. The van der Waals surface area contributed by atoms with Crippen molar-refractivity contribution >= 4 is 5.69 Å². The maximum Gasteiger partial charge on any atom is 0.129 e. The van der Waals surface area contributed by atoms with Crippen LogP contribution in [-0.2, 0) is 0 Å². The molecule has 0 bridgehead atoms. The first-order chi connectivity index (χ1) is 19.0. The predicted octanol–water partition coefficient (Wildman–Crippen LogP) is 8.67. The molecule has 4 heteroatoms. The van der Waals surface area contributed by atoms with E-state index in [0.29, 0.717) is 0 Å². The fourth-order valence-electron chi connectivity index (χ4n) is 5.14. The zero-order chi connectivity index (χ0) is 26.8. The Kier molecular flexibility index (Phi) is 6.60. The molecule has 0 radical (unpaired) electrons. The molecule has 0 saturated carbocycles. The summed E-state index contributed by atoms with van der Waals surface area (Å²) >= 11 is 0. The van der Waals surface area contributed by atoms with Gasteiger partial charge in [0.1, 0.15) is 11.5 Å². The van der Waals surface area contributed by atoms with E-state index in [4.69, 9.17) is 4.74 Å². The lowest BCUT2D eigenvalue weighted by Gasteiger charge is -2.19. The van der Waals surface area contributed by atoms with Crippen molar-refractivity contribution in [2.24, 2.45) is 0 Å². The lowest BCUT2D eigenvalue weighted by molar-refractivity contribution is 0.481. The quantitative estimate of drug-likeness (QED) is 0.229. The van der Waals surface area contributed by atoms with E-state index in [1.54, 1.807) is 0 Å². The van der Waals surface area contributed by atoms with Crippen LogP contribution in [0.3, 0.4) is 0 Å². The van der Waals surface area contributed by atoms with Crippen molar-refractivity contribution in [3.05, 3.63) is 133 Å². The third-order valence-corrected chi connectivity index (χ3v) is 7.14. The Morgan fingerprint density at radius 1 is 0.641 bits per heavy atom. The molecule has 1 aliphatic heterocycles. The maximum absolute atomic E-state index is 6.26. The van der Waals surface area contributed by atoms with Crippen LogP contribution in [0.1, 0.15) is 11.1 Å². The van der Waals surface area contributed by atoms with Gasteiger partial charge in [-0.1, -0.05) is 60.7 Å². The summed E-state index contributed by atoms with van der Waals surface area (Å²) in [6, 6.07) is 35.8. The number of rotatable bonds is 6. The van der Waals surface area contributed by atoms with Gasteiger partial charge in [-0.15, -0.1) is 0 Å². The van der Waals surface area contributed by atoms with Crippen molar-refractivity contribution in [1.82, 2.24) is 9.88 Å².